The monoisotopic (exact) mass is 380 g/mol. The van der Waals surface area contributed by atoms with E-state index in [2.05, 4.69) is 10.6 Å². The third-order valence-corrected chi connectivity index (χ3v) is 3.56. The maximum Gasteiger partial charge on any atom is 0.416 e. The molecular weight excluding hydrogens is 361 g/mol. The highest BCUT2D eigenvalue weighted by Crippen LogP contribution is 2.34. The van der Waals surface area contributed by atoms with Gasteiger partial charge >= 0.3 is 12.1 Å². The molecule has 0 aliphatic carbocycles. The molecule has 9 heteroatoms. The van der Waals surface area contributed by atoms with E-state index in [1.807, 2.05) is 0 Å². The van der Waals surface area contributed by atoms with Crippen LogP contribution in [0.25, 0.3) is 0 Å². The molecule has 1 aromatic carbocycles. The summed E-state index contributed by atoms with van der Waals surface area (Å²) in [5.41, 5.74) is -0.716. The number of halogens is 4. The molecule has 0 aromatic heterocycles. The molecule has 0 spiro atoms. The maximum atomic E-state index is 12.7. The highest BCUT2D eigenvalue weighted by molar-refractivity contribution is 6.33. The molecule has 0 aliphatic rings. The van der Waals surface area contributed by atoms with Crippen LogP contribution < -0.4 is 10.6 Å². The lowest BCUT2D eigenvalue weighted by molar-refractivity contribution is -0.150. The number of alkyl halides is 3. The summed E-state index contributed by atoms with van der Waals surface area (Å²) in [5.74, 6) is -1.39. The number of benzene rings is 1. The number of esters is 1. The normalized spacial score (nSPS) is 12.6. The molecule has 1 atom stereocenters. The second kappa shape index (κ2) is 8.94. The van der Waals surface area contributed by atoms with Crippen LogP contribution in [0.3, 0.4) is 0 Å². The zero-order valence-electron chi connectivity index (χ0n) is 14.0. The first-order valence-electron chi connectivity index (χ1n) is 7.62. The van der Waals surface area contributed by atoms with Crippen molar-refractivity contribution >= 4 is 29.2 Å². The average Bonchev–Trinajstić information content (AvgIpc) is 2.50. The van der Waals surface area contributed by atoms with Crippen LogP contribution in [-0.2, 0) is 20.5 Å². The first-order valence-corrected chi connectivity index (χ1v) is 8.00. The summed E-state index contributed by atoms with van der Waals surface area (Å²) < 4.78 is 42.9. The Morgan fingerprint density at radius 1 is 1.28 bits per heavy atom. The van der Waals surface area contributed by atoms with Crippen molar-refractivity contribution in [1.29, 1.82) is 0 Å². The predicted molar refractivity (Wildman–Crippen MR) is 88.3 cm³/mol. The molecule has 140 valence electrons. The van der Waals surface area contributed by atoms with E-state index in [9.17, 15) is 22.8 Å². The number of carbonyl (C=O) groups excluding carboxylic acids is 2. The zero-order valence-corrected chi connectivity index (χ0v) is 14.8. The molecule has 0 heterocycles. The highest BCUT2D eigenvalue weighted by atomic mass is 35.5. The van der Waals surface area contributed by atoms with Gasteiger partial charge in [0.05, 0.1) is 16.3 Å². The van der Waals surface area contributed by atoms with Gasteiger partial charge in [-0.25, -0.2) is 4.79 Å². The van der Waals surface area contributed by atoms with E-state index in [1.54, 1.807) is 20.8 Å². The van der Waals surface area contributed by atoms with E-state index in [0.717, 1.165) is 18.2 Å². The van der Waals surface area contributed by atoms with Crippen molar-refractivity contribution < 1.29 is 27.5 Å². The van der Waals surface area contributed by atoms with Crippen molar-refractivity contribution in [2.24, 2.45) is 5.92 Å². The van der Waals surface area contributed by atoms with Crippen LogP contribution in [-0.4, -0.2) is 31.1 Å². The largest absolute Gasteiger partial charge is 0.454 e. The lowest BCUT2D eigenvalue weighted by Crippen LogP contribution is -2.38. The summed E-state index contributed by atoms with van der Waals surface area (Å²) >= 11 is 5.88. The molecule has 0 radical (unpaired) electrons. The van der Waals surface area contributed by atoms with E-state index >= 15 is 0 Å². The van der Waals surface area contributed by atoms with E-state index in [-0.39, 0.29) is 16.6 Å². The first-order chi connectivity index (χ1) is 11.6. The van der Waals surface area contributed by atoms with Gasteiger partial charge in [0.25, 0.3) is 5.91 Å². The Balaban J connectivity index is 2.84. The molecule has 1 aromatic rings. The van der Waals surface area contributed by atoms with Crippen LogP contribution in [0.5, 0.6) is 0 Å². The number of likely N-dealkylation sites (N-methyl/N-ethyl adjacent to an activating group) is 1. The number of anilines is 1. The van der Waals surface area contributed by atoms with Crippen LogP contribution in [0.2, 0.25) is 5.02 Å². The summed E-state index contributed by atoms with van der Waals surface area (Å²) in [5, 5.41) is 5.09. The van der Waals surface area contributed by atoms with Crippen molar-refractivity contribution in [1.82, 2.24) is 5.32 Å². The van der Waals surface area contributed by atoms with Gasteiger partial charge in [0, 0.05) is 6.54 Å². The molecule has 2 N–H and O–H groups in total. The lowest BCUT2D eigenvalue weighted by Gasteiger charge is -2.22. The van der Waals surface area contributed by atoms with Crippen LogP contribution in [0.15, 0.2) is 18.2 Å². The molecule has 0 saturated heterocycles. The molecular formula is C16H20ClF3N2O3. The number of hydrogen-bond acceptors (Lipinski definition) is 4. The third kappa shape index (κ3) is 6.45. The van der Waals surface area contributed by atoms with Gasteiger partial charge in [-0.15, -0.1) is 0 Å². The predicted octanol–water partition coefficient (Wildman–Crippen LogP) is 3.47. The standard InChI is InChI=1S/C16H20ClF3N2O3/c1-4-21-13(23)8-25-15(24)14(9(2)3)22-12-6-5-10(7-11(12)17)16(18,19)20/h5-7,9,14,22H,4,8H2,1-3H3,(H,21,23)/t14-/m0/s1. The van der Waals surface area contributed by atoms with E-state index < -0.39 is 36.3 Å². The van der Waals surface area contributed by atoms with Gasteiger partial charge in [-0.2, -0.15) is 13.2 Å². The summed E-state index contributed by atoms with van der Waals surface area (Å²) in [7, 11) is 0. The molecule has 1 amide bonds. The molecule has 0 saturated carbocycles. The van der Waals surface area contributed by atoms with Gasteiger partial charge in [-0.1, -0.05) is 25.4 Å². The minimum Gasteiger partial charge on any atom is -0.454 e. The number of nitrogens with one attached hydrogen (secondary N) is 2. The fraction of sp³-hybridized carbons (Fsp3) is 0.500. The second-order valence-corrected chi connectivity index (χ2v) is 6.03. The van der Waals surface area contributed by atoms with Crippen LogP contribution in [0, 0.1) is 5.92 Å². The Hall–Kier alpha value is -1.96. The molecule has 5 nitrogen and oxygen atoms in total. The van der Waals surface area contributed by atoms with E-state index in [4.69, 9.17) is 16.3 Å². The Kier molecular flexibility index (Phi) is 7.54. The van der Waals surface area contributed by atoms with Gasteiger partial charge in [-0.05, 0) is 31.0 Å². The van der Waals surface area contributed by atoms with Crippen LogP contribution in [0.1, 0.15) is 26.3 Å². The number of amides is 1. The van der Waals surface area contributed by atoms with Crippen molar-refractivity contribution in [3.63, 3.8) is 0 Å². The molecule has 0 fully saturated rings. The number of rotatable bonds is 7. The minimum absolute atomic E-state index is 0.169. The first kappa shape index (κ1) is 21.1. The Labute approximate surface area is 148 Å². The van der Waals surface area contributed by atoms with Gasteiger partial charge in [0.1, 0.15) is 6.04 Å². The van der Waals surface area contributed by atoms with Crippen LogP contribution >= 0.6 is 11.6 Å². The zero-order chi connectivity index (χ0) is 19.2. The van der Waals surface area contributed by atoms with Crippen molar-refractivity contribution in [3.05, 3.63) is 28.8 Å². The fourth-order valence-electron chi connectivity index (χ4n) is 1.95. The Morgan fingerprint density at radius 3 is 2.40 bits per heavy atom. The third-order valence-electron chi connectivity index (χ3n) is 3.25. The maximum absolute atomic E-state index is 12.7. The SMILES string of the molecule is CCNC(=O)COC(=O)[C@@H](Nc1ccc(C(F)(F)F)cc1Cl)C(C)C. The van der Waals surface area contributed by atoms with Gasteiger partial charge in [0.15, 0.2) is 6.61 Å². The molecule has 0 aliphatic heterocycles. The lowest BCUT2D eigenvalue weighted by atomic mass is 10.0. The van der Waals surface area contributed by atoms with Crippen molar-refractivity contribution in [2.75, 3.05) is 18.5 Å². The van der Waals surface area contributed by atoms with Gasteiger partial charge in [0.2, 0.25) is 0 Å². The summed E-state index contributed by atoms with van der Waals surface area (Å²) in [6.45, 7) is 5.15. The van der Waals surface area contributed by atoms with Gasteiger partial charge in [-0.3, -0.25) is 4.79 Å². The van der Waals surface area contributed by atoms with Crippen molar-refractivity contribution in [2.45, 2.75) is 33.0 Å². The topological polar surface area (TPSA) is 67.4 Å². The molecule has 25 heavy (non-hydrogen) atoms. The Bertz CT molecular complexity index is 621. The number of hydrogen-bond donors (Lipinski definition) is 2. The fourth-order valence-corrected chi connectivity index (χ4v) is 2.18. The van der Waals surface area contributed by atoms with Gasteiger partial charge < -0.3 is 15.4 Å². The second-order valence-electron chi connectivity index (χ2n) is 5.62. The molecule has 0 bridgehead atoms. The number of ether oxygens (including phenoxy) is 1. The van der Waals surface area contributed by atoms with Crippen molar-refractivity contribution in [3.8, 4) is 0 Å². The minimum atomic E-state index is -4.51. The average molecular weight is 381 g/mol. The molecule has 0 unspecified atom stereocenters. The molecule has 1 rings (SSSR count). The summed E-state index contributed by atoms with van der Waals surface area (Å²) in [4.78, 5) is 23.5. The van der Waals surface area contributed by atoms with E-state index in [1.165, 1.54) is 0 Å². The number of carbonyl (C=O) groups is 2. The summed E-state index contributed by atoms with van der Waals surface area (Å²) in [6, 6.07) is 1.92. The quantitative estimate of drug-likeness (QED) is 0.711. The Morgan fingerprint density at radius 2 is 1.92 bits per heavy atom. The summed E-state index contributed by atoms with van der Waals surface area (Å²) in [6.07, 6.45) is -4.51. The highest BCUT2D eigenvalue weighted by Gasteiger charge is 2.31. The van der Waals surface area contributed by atoms with Crippen LogP contribution in [0.4, 0.5) is 18.9 Å². The smallest absolute Gasteiger partial charge is 0.416 e. The van der Waals surface area contributed by atoms with E-state index in [0.29, 0.717) is 6.54 Å².